The highest BCUT2D eigenvalue weighted by atomic mass is 16.5. The third-order valence-electron chi connectivity index (χ3n) is 3.18. The highest BCUT2D eigenvalue weighted by Gasteiger charge is 2.24. The van der Waals surface area contributed by atoms with Crippen LogP contribution in [0.25, 0.3) is 6.08 Å². The summed E-state index contributed by atoms with van der Waals surface area (Å²) in [6, 6.07) is 7.88. The van der Waals surface area contributed by atoms with Crippen molar-refractivity contribution in [2.24, 2.45) is 11.7 Å². The van der Waals surface area contributed by atoms with Crippen LogP contribution < -0.4 is 10.5 Å². The molecule has 0 aromatic heterocycles. The first-order chi connectivity index (χ1) is 8.74. The van der Waals surface area contributed by atoms with E-state index in [2.05, 4.69) is 0 Å². The van der Waals surface area contributed by atoms with Crippen LogP contribution in [0.1, 0.15) is 5.56 Å². The van der Waals surface area contributed by atoms with E-state index in [1.807, 2.05) is 48.6 Å². The van der Waals surface area contributed by atoms with Gasteiger partial charge < -0.3 is 10.5 Å². The number of ether oxygens (including phenoxy) is 1. The highest BCUT2D eigenvalue weighted by Crippen LogP contribution is 2.31. The van der Waals surface area contributed by atoms with Gasteiger partial charge in [-0.3, -0.25) is 4.79 Å². The number of primary amides is 1. The highest BCUT2D eigenvalue weighted by molar-refractivity contribution is 5.95. The number of carbonyl (C=O) groups is 1. The molecule has 18 heavy (non-hydrogen) atoms. The zero-order valence-electron chi connectivity index (χ0n) is 9.74. The van der Waals surface area contributed by atoms with Crippen LogP contribution >= 0.6 is 0 Å². The summed E-state index contributed by atoms with van der Waals surface area (Å²) in [6.45, 7) is 0. The van der Waals surface area contributed by atoms with Crippen LogP contribution in [-0.4, -0.2) is 12.0 Å². The number of hydrogen-bond acceptors (Lipinski definition) is 2. The largest absolute Gasteiger partial charge is 0.485 e. The van der Waals surface area contributed by atoms with Crippen molar-refractivity contribution >= 4 is 12.0 Å². The molecule has 3 heteroatoms. The van der Waals surface area contributed by atoms with E-state index in [4.69, 9.17) is 10.5 Å². The van der Waals surface area contributed by atoms with Crippen LogP contribution in [0.2, 0.25) is 0 Å². The Morgan fingerprint density at radius 3 is 2.83 bits per heavy atom. The number of hydrogen-bond donors (Lipinski definition) is 1. The lowest BCUT2D eigenvalue weighted by Crippen LogP contribution is -2.26. The molecule has 3 rings (SSSR count). The Labute approximate surface area is 105 Å². The van der Waals surface area contributed by atoms with Gasteiger partial charge >= 0.3 is 0 Å². The molecule has 0 saturated carbocycles. The molecular formula is C15H13NO2. The van der Waals surface area contributed by atoms with E-state index in [0.717, 1.165) is 11.3 Å². The molecule has 0 bridgehead atoms. The molecule has 0 radical (unpaired) electrons. The fourth-order valence-electron chi connectivity index (χ4n) is 2.22. The van der Waals surface area contributed by atoms with Gasteiger partial charge in [0.25, 0.3) is 0 Å². The Balaban J connectivity index is 1.97. The monoisotopic (exact) mass is 239 g/mol. The maximum atomic E-state index is 11.2. The van der Waals surface area contributed by atoms with Gasteiger partial charge in [-0.2, -0.15) is 0 Å². The van der Waals surface area contributed by atoms with E-state index in [-0.39, 0.29) is 12.0 Å². The summed E-state index contributed by atoms with van der Waals surface area (Å²) >= 11 is 0. The lowest BCUT2D eigenvalue weighted by atomic mass is 9.93. The number of nitrogens with two attached hydrogens (primary N) is 1. The summed E-state index contributed by atoms with van der Waals surface area (Å²) in [5.41, 5.74) is 6.88. The van der Waals surface area contributed by atoms with Gasteiger partial charge in [-0.1, -0.05) is 42.5 Å². The second-order valence-corrected chi connectivity index (χ2v) is 4.40. The first kappa shape index (κ1) is 10.8. The lowest BCUT2D eigenvalue weighted by Gasteiger charge is -2.22. The van der Waals surface area contributed by atoms with Crippen LogP contribution in [0.5, 0.6) is 5.75 Å². The number of para-hydroxylation sites is 1. The van der Waals surface area contributed by atoms with Crippen LogP contribution in [0.15, 0.2) is 54.1 Å². The number of carbonyl (C=O) groups excluding carboxylic acids is 1. The van der Waals surface area contributed by atoms with Crippen molar-refractivity contribution in [3.05, 3.63) is 59.7 Å². The Hall–Kier alpha value is -2.29. The van der Waals surface area contributed by atoms with Crippen LogP contribution in [0.3, 0.4) is 0 Å². The molecular weight excluding hydrogens is 226 g/mol. The van der Waals surface area contributed by atoms with E-state index in [9.17, 15) is 4.79 Å². The molecule has 1 amide bonds. The molecule has 0 fully saturated rings. The Bertz CT molecular complexity index is 584. The van der Waals surface area contributed by atoms with Gasteiger partial charge in [0.1, 0.15) is 11.9 Å². The third-order valence-corrected chi connectivity index (χ3v) is 3.18. The smallest absolute Gasteiger partial charge is 0.248 e. The molecule has 2 atom stereocenters. The maximum absolute atomic E-state index is 11.2. The van der Waals surface area contributed by atoms with Crippen molar-refractivity contribution in [3.8, 4) is 5.75 Å². The summed E-state index contributed by atoms with van der Waals surface area (Å²) in [4.78, 5) is 11.2. The topological polar surface area (TPSA) is 52.3 Å². The predicted octanol–water partition coefficient (Wildman–Crippen LogP) is 2.06. The van der Waals surface area contributed by atoms with E-state index in [0.29, 0.717) is 5.57 Å². The van der Waals surface area contributed by atoms with Crippen LogP contribution in [0.4, 0.5) is 0 Å². The summed E-state index contributed by atoms with van der Waals surface area (Å²) in [6.07, 6.45) is 9.46. The van der Waals surface area contributed by atoms with Gasteiger partial charge in [-0.15, -0.1) is 0 Å². The summed E-state index contributed by atoms with van der Waals surface area (Å²) < 4.78 is 5.94. The predicted molar refractivity (Wildman–Crippen MR) is 69.8 cm³/mol. The molecule has 3 nitrogen and oxygen atoms in total. The van der Waals surface area contributed by atoms with Gasteiger partial charge in [-0.05, 0) is 12.1 Å². The molecule has 1 aromatic rings. The molecule has 1 heterocycles. The average molecular weight is 239 g/mol. The zero-order chi connectivity index (χ0) is 12.5. The summed E-state index contributed by atoms with van der Waals surface area (Å²) in [5, 5.41) is 0. The number of fused-ring (bicyclic) bond motifs is 2. The number of rotatable bonds is 1. The van der Waals surface area contributed by atoms with Crippen molar-refractivity contribution in [1.82, 2.24) is 0 Å². The first-order valence-corrected chi connectivity index (χ1v) is 5.88. The van der Waals surface area contributed by atoms with Crippen LogP contribution in [-0.2, 0) is 4.79 Å². The SMILES string of the molecule is NC(=O)C1=CC2C=Cc3ccccc3OC2C=C1. The standard InChI is InChI=1S/C15H13NO2/c16-15(17)12-7-8-14-11(9-12)6-5-10-3-1-2-4-13(10)18-14/h1-9,11,14H,(H2,16,17). The Morgan fingerprint density at radius 2 is 2.00 bits per heavy atom. The van der Waals surface area contributed by atoms with E-state index >= 15 is 0 Å². The average Bonchev–Trinajstić information content (AvgIpc) is 2.56. The van der Waals surface area contributed by atoms with Gasteiger partial charge in [0.2, 0.25) is 5.91 Å². The van der Waals surface area contributed by atoms with Crippen molar-refractivity contribution < 1.29 is 9.53 Å². The van der Waals surface area contributed by atoms with Crippen LogP contribution in [0, 0.1) is 5.92 Å². The first-order valence-electron chi connectivity index (χ1n) is 5.88. The van der Waals surface area contributed by atoms with Gasteiger partial charge in [0.05, 0.1) is 0 Å². The fraction of sp³-hybridized carbons (Fsp3) is 0.133. The van der Waals surface area contributed by atoms with Gasteiger partial charge in [0.15, 0.2) is 0 Å². The second kappa shape index (κ2) is 4.18. The molecule has 1 aromatic carbocycles. The maximum Gasteiger partial charge on any atom is 0.248 e. The summed E-state index contributed by atoms with van der Waals surface area (Å²) in [7, 11) is 0. The van der Waals surface area contributed by atoms with E-state index in [1.165, 1.54) is 0 Å². The van der Waals surface area contributed by atoms with Gasteiger partial charge in [0, 0.05) is 17.1 Å². The van der Waals surface area contributed by atoms with Crippen molar-refractivity contribution in [2.45, 2.75) is 6.10 Å². The Kier molecular flexibility index (Phi) is 2.52. The molecule has 2 unspecified atom stereocenters. The minimum absolute atomic E-state index is 0.0462. The molecule has 2 aliphatic rings. The molecule has 0 saturated heterocycles. The molecule has 1 aliphatic carbocycles. The normalized spacial score (nSPS) is 24.3. The number of benzene rings is 1. The van der Waals surface area contributed by atoms with Crippen molar-refractivity contribution in [1.29, 1.82) is 0 Å². The molecule has 0 spiro atoms. The third kappa shape index (κ3) is 1.84. The van der Waals surface area contributed by atoms with Crippen molar-refractivity contribution in [2.75, 3.05) is 0 Å². The minimum atomic E-state index is -0.403. The van der Waals surface area contributed by atoms with E-state index in [1.54, 1.807) is 6.08 Å². The second-order valence-electron chi connectivity index (χ2n) is 4.40. The fourth-order valence-corrected chi connectivity index (χ4v) is 2.22. The quantitative estimate of drug-likeness (QED) is 0.815. The molecule has 2 N–H and O–H groups in total. The molecule has 1 aliphatic heterocycles. The summed E-state index contributed by atoms with van der Waals surface area (Å²) in [5.74, 6) is 0.506. The van der Waals surface area contributed by atoms with E-state index < -0.39 is 5.91 Å². The zero-order valence-corrected chi connectivity index (χ0v) is 9.74. The molecule has 90 valence electrons. The van der Waals surface area contributed by atoms with Gasteiger partial charge in [-0.25, -0.2) is 0 Å². The van der Waals surface area contributed by atoms with Crippen molar-refractivity contribution in [3.63, 3.8) is 0 Å². The Morgan fingerprint density at radius 1 is 1.17 bits per heavy atom. The number of amides is 1. The lowest BCUT2D eigenvalue weighted by molar-refractivity contribution is -0.114. The minimum Gasteiger partial charge on any atom is -0.485 e.